The Morgan fingerprint density at radius 1 is 1.41 bits per heavy atom. The molecular weight excluding hydrogens is 302 g/mol. The van der Waals surface area contributed by atoms with Crippen molar-refractivity contribution < 1.29 is 8.42 Å². The van der Waals surface area contributed by atoms with Crippen LogP contribution in [0.3, 0.4) is 0 Å². The van der Waals surface area contributed by atoms with Crippen LogP contribution in [0.1, 0.15) is 31.2 Å². The molecule has 126 valence electrons. The first-order chi connectivity index (χ1) is 10.4. The third-order valence-corrected chi connectivity index (χ3v) is 5.67. The lowest BCUT2D eigenvalue weighted by atomic mass is 9.99. The molecule has 1 fully saturated rings. The maximum absolute atomic E-state index is 11.7. The van der Waals surface area contributed by atoms with Crippen LogP contribution in [0, 0.1) is 0 Å². The predicted molar refractivity (Wildman–Crippen MR) is 86.5 cm³/mol. The smallest absolute Gasteiger partial charge is 0.278 e. The maximum atomic E-state index is 11.7. The molecule has 1 aliphatic rings. The topological polar surface area (TPSA) is 70.5 Å². The Bertz CT molecular complexity index is 570. The van der Waals surface area contributed by atoms with Crippen molar-refractivity contribution in [1.82, 2.24) is 23.7 Å². The largest absolute Gasteiger partial charge is 0.296 e. The van der Waals surface area contributed by atoms with E-state index >= 15 is 0 Å². The van der Waals surface area contributed by atoms with Crippen LogP contribution in [0.5, 0.6) is 0 Å². The average Bonchev–Trinajstić information content (AvgIpc) is 2.86. The van der Waals surface area contributed by atoms with Crippen LogP contribution in [0.4, 0.5) is 0 Å². The highest BCUT2D eigenvalue weighted by Gasteiger charge is 2.23. The van der Waals surface area contributed by atoms with Gasteiger partial charge in [-0.25, -0.2) is 4.72 Å². The van der Waals surface area contributed by atoms with E-state index in [-0.39, 0.29) is 0 Å². The fraction of sp³-hybridized carbons (Fsp3) is 0.786. The van der Waals surface area contributed by atoms with Crippen LogP contribution >= 0.6 is 0 Å². The molecular formula is C14H27N5O2S. The molecule has 1 atom stereocenters. The lowest BCUT2D eigenvalue weighted by Crippen LogP contribution is -2.42. The zero-order valence-corrected chi connectivity index (χ0v) is 14.5. The summed E-state index contributed by atoms with van der Waals surface area (Å²) in [6, 6.07) is 0.429. The van der Waals surface area contributed by atoms with Gasteiger partial charge >= 0.3 is 0 Å². The van der Waals surface area contributed by atoms with E-state index in [0.29, 0.717) is 12.6 Å². The van der Waals surface area contributed by atoms with Crippen molar-refractivity contribution in [3.05, 3.63) is 18.0 Å². The molecule has 0 aliphatic carbocycles. The molecule has 1 aromatic rings. The van der Waals surface area contributed by atoms with Gasteiger partial charge in [-0.05, 0) is 25.8 Å². The fourth-order valence-corrected chi connectivity index (χ4v) is 3.50. The van der Waals surface area contributed by atoms with Gasteiger partial charge < -0.3 is 0 Å². The normalized spacial score (nSPS) is 20.6. The molecule has 1 N–H and O–H groups in total. The summed E-state index contributed by atoms with van der Waals surface area (Å²) in [5.74, 6) is 0. The average molecular weight is 329 g/mol. The summed E-state index contributed by atoms with van der Waals surface area (Å²) in [5, 5.41) is 4.21. The highest BCUT2D eigenvalue weighted by molar-refractivity contribution is 7.87. The van der Waals surface area contributed by atoms with E-state index in [1.54, 1.807) is 0 Å². The molecule has 1 aromatic heterocycles. The standard InChI is InChI=1S/C14H27N5O2S/c1-17(2)22(20,21)16-8-7-14-6-4-5-9-19(14)12-13-10-15-18(3)11-13/h10-11,14,16H,4-9,12H2,1-3H3/t14-/m1/s1. The first kappa shape index (κ1) is 17.4. The highest BCUT2D eigenvalue weighted by atomic mass is 32.2. The van der Waals surface area contributed by atoms with Gasteiger partial charge in [0.25, 0.3) is 10.2 Å². The second kappa shape index (κ2) is 7.54. The van der Waals surface area contributed by atoms with Gasteiger partial charge in [0.2, 0.25) is 0 Å². The number of piperidine rings is 1. The summed E-state index contributed by atoms with van der Waals surface area (Å²) in [5.41, 5.74) is 1.21. The van der Waals surface area contributed by atoms with Crippen LogP contribution in [-0.2, 0) is 23.8 Å². The van der Waals surface area contributed by atoms with Gasteiger partial charge in [-0.3, -0.25) is 9.58 Å². The van der Waals surface area contributed by atoms with Gasteiger partial charge in [0.15, 0.2) is 0 Å². The summed E-state index contributed by atoms with van der Waals surface area (Å²) >= 11 is 0. The summed E-state index contributed by atoms with van der Waals surface area (Å²) in [6.45, 7) is 2.44. The van der Waals surface area contributed by atoms with Crippen LogP contribution in [-0.4, -0.2) is 60.6 Å². The van der Waals surface area contributed by atoms with E-state index in [9.17, 15) is 8.42 Å². The molecule has 2 rings (SSSR count). The Morgan fingerprint density at radius 3 is 2.82 bits per heavy atom. The minimum atomic E-state index is -3.32. The van der Waals surface area contributed by atoms with Gasteiger partial charge in [-0.2, -0.15) is 17.8 Å². The number of nitrogens with one attached hydrogen (secondary N) is 1. The fourth-order valence-electron chi connectivity index (χ4n) is 2.87. The van der Waals surface area contributed by atoms with Crippen molar-refractivity contribution in [3.8, 4) is 0 Å². The first-order valence-corrected chi connectivity index (χ1v) is 9.21. The first-order valence-electron chi connectivity index (χ1n) is 7.77. The molecule has 0 radical (unpaired) electrons. The maximum Gasteiger partial charge on any atom is 0.278 e. The van der Waals surface area contributed by atoms with Crippen LogP contribution in [0.25, 0.3) is 0 Å². The number of aryl methyl sites for hydroxylation is 1. The second-order valence-electron chi connectivity index (χ2n) is 6.11. The van der Waals surface area contributed by atoms with Crippen molar-refractivity contribution in [1.29, 1.82) is 0 Å². The molecule has 0 bridgehead atoms. The molecule has 1 aliphatic heterocycles. The molecule has 0 spiro atoms. The van der Waals surface area contributed by atoms with Crippen molar-refractivity contribution in [2.45, 2.75) is 38.3 Å². The zero-order valence-electron chi connectivity index (χ0n) is 13.7. The van der Waals surface area contributed by atoms with Gasteiger partial charge in [-0.1, -0.05) is 6.42 Å². The Kier molecular flexibility index (Phi) is 5.96. The Morgan fingerprint density at radius 2 is 2.18 bits per heavy atom. The summed E-state index contributed by atoms with van der Waals surface area (Å²) in [4.78, 5) is 2.45. The second-order valence-corrected chi connectivity index (χ2v) is 8.08. The molecule has 7 nitrogen and oxygen atoms in total. The van der Waals surface area contributed by atoms with E-state index in [4.69, 9.17) is 0 Å². The molecule has 0 unspecified atom stereocenters. The Labute approximate surface area is 133 Å². The van der Waals surface area contributed by atoms with E-state index in [2.05, 4.69) is 14.7 Å². The quantitative estimate of drug-likeness (QED) is 0.793. The summed E-state index contributed by atoms with van der Waals surface area (Å²) in [6.07, 6.45) is 8.34. The van der Waals surface area contributed by atoms with E-state index < -0.39 is 10.2 Å². The van der Waals surface area contributed by atoms with Gasteiger partial charge in [0, 0.05) is 52.0 Å². The molecule has 0 aromatic carbocycles. The van der Waals surface area contributed by atoms with Crippen molar-refractivity contribution in [2.75, 3.05) is 27.2 Å². The molecule has 1 saturated heterocycles. The lowest BCUT2D eigenvalue weighted by molar-refractivity contribution is 0.133. The predicted octanol–water partition coefficient (Wildman–Crippen LogP) is 0.561. The zero-order chi connectivity index (χ0) is 16.2. The van der Waals surface area contributed by atoms with Crippen molar-refractivity contribution in [2.24, 2.45) is 7.05 Å². The third-order valence-electron chi connectivity index (χ3n) is 4.14. The summed E-state index contributed by atoms with van der Waals surface area (Å²) < 4.78 is 29.2. The highest BCUT2D eigenvalue weighted by Crippen LogP contribution is 2.21. The van der Waals surface area contributed by atoms with Gasteiger partial charge in [-0.15, -0.1) is 0 Å². The van der Waals surface area contributed by atoms with Gasteiger partial charge in [0.05, 0.1) is 6.20 Å². The number of hydrogen-bond donors (Lipinski definition) is 1. The van der Waals surface area contributed by atoms with Crippen LogP contribution in [0.15, 0.2) is 12.4 Å². The molecule has 0 saturated carbocycles. The van der Waals surface area contributed by atoms with Gasteiger partial charge in [0.1, 0.15) is 0 Å². The Hall–Kier alpha value is -0.960. The SMILES string of the molecule is CN(C)S(=O)(=O)NCC[C@H]1CCCCN1Cc1cnn(C)c1. The Balaban J connectivity index is 1.87. The van der Waals surface area contributed by atoms with Crippen LogP contribution in [0.2, 0.25) is 0 Å². The van der Waals surface area contributed by atoms with E-state index in [0.717, 1.165) is 25.9 Å². The number of aromatic nitrogens is 2. The molecule has 22 heavy (non-hydrogen) atoms. The monoisotopic (exact) mass is 329 g/mol. The third kappa shape index (κ3) is 4.77. The number of nitrogens with zero attached hydrogens (tertiary/aromatic N) is 4. The van der Waals surface area contributed by atoms with E-state index in [1.165, 1.54) is 36.8 Å². The van der Waals surface area contributed by atoms with E-state index in [1.807, 2.05) is 24.1 Å². The van der Waals surface area contributed by atoms with Crippen molar-refractivity contribution >= 4 is 10.2 Å². The molecule has 0 amide bonds. The minimum Gasteiger partial charge on any atom is -0.296 e. The van der Waals surface area contributed by atoms with Crippen LogP contribution < -0.4 is 4.72 Å². The van der Waals surface area contributed by atoms with Crippen molar-refractivity contribution in [3.63, 3.8) is 0 Å². The number of rotatable bonds is 7. The number of hydrogen-bond acceptors (Lipinski definition) is 4. The molecule has 2 heterocycles. The summed E-state index contributed by atoms with van der Waals surface area (Å²) in [7, 11) is 1.68. The number of likely N-dealkylation sites (tertiary alicyclic amines) is 1. The molecule has 8 heteroatoms. The minimum absolute atomic E-state index is 0.429. The lowest BCUT2D eigenvalue weighted by Gasteiger charge is -2.35.